The summed E-state index contributed by atoms with van der Waals surface area (Å²) in [6.45, 7) is 13.6. The third kappa shape index (κ3) is 6.55. The molecule has 0 saturated carbocycles. The van der Waals surface area contributed by atoms with E-state index < -0.39 is 0 Å². The highest BCUT2D eigenvalue weighted by molar-refractivity contribution is 9.10. The Balaban J connectivity index is 2.37. The van der Waals surface area contributed by atoms with Gasteiger partial charge in [-0.05, 0) is 56.8 Å². The second-order valence-electron chi connectivity index (χ2n) is 4.88. The van der Waals surface area contributed by atoms with E-state index in [2.05, 4.69) is 70.8 Å². The van der Waals surface area contributed by atoms with Gasteiger partial charge in [-0.2, -0.15) is 0 Å². The Morgan fingerprint density at radius 1 is 0.947 bits per heavy atom. The van der Waals surface area contributed by atoms with Crippen molar-refractivity contribution >= 4 is 15.9 Å². The van der Waals surface area contributed by atoms with Crippen LogP contribution >= 0.6 is 15.9 Å². The van der Waals surface area contributed by atoms with Crippen molar-refractivity contribution in [3.05, 3.63) is 34.3 Å². The average Bonchev–Trinajstić information content (AvgIpc) is 2.42. The van der Waals surface area contributed by atoms with E-state index in [1.54, 1.807) is 0 Å². The monoisotopic (exact) mass is 326 g/mol. The molecule has 0 bridgehead atoms. The summed E-state index contributed by atoms with van der Waals surface area (Å²) >= 11 is 3.54. The molecule has 0 heterocycles. The topological polar surface area (TPSA) is 6.48 Å². The number of rotatable bonds is 9. The summed E-state index contributed by atoms with van der Waals surface area (Å²) in [5.41, 5.74) is 1.39. The number of hydrogen-bond donors (Lipinski definition) is 0. The van der Waals surface area contributed by atoms with Crippen LogP contribution in [0.3, 0.4) is 0 Å². The predicted molar refractivity (Wildman–Crippen MR) is 87.5 cm³/mol. The second kappa shape index (κ2) is 9.51. The molecule has 1 rings (SSSR count). The molecule has 0 aromatic heterocycles. The Morgan fingerprint density at radius 2 is 1.58 bits per heavy atom. The first-order valence-electron chi connectivity index (χ1n) is 7.38. The van der Waals surface area contributed by atoms with E-state index >= 15 is 0 Å². The lowest BCUT2D eigenvalue weighted by molar-refractivity contribution is 0.238. The maximum atomic E-state index is 3.54. The highest BCUT2D eigenvalue weighted by atomic mass is 79.9. The number of nitrogens with zero attached hydrogens (tertiary/aromatic N) is 2. The Bertz CT molecular complexity index is 350. The van der Waals surface area contributed by atoms with Crippen LogP contribution in [0.1, 0.15) is 32.8 Å². The highest BCUT2D eigenvalue weighted by Gasteiger charge is 2.05. The average molecular weight is 327 g/mol. The third-order valence-corrected chi connectivity index (χ3v) is 4.08. The summed E-state index contributed by atoms with van der Waals surface area (Å²) in [6, 6.07) is 8.62. The van der Waals surface area contributed by atoms with Crippen molar-refractivity contribution in [2.45, 2.75) is 33.7 Å². The minimum absolute atomic E-state index is 1.05. The molecule has 0 aliphatic rings. The Kier molecular flexibility index (Phi) is 8.35. The van der Waals surface area contributed by atoms with Crippen LogP contribution in [0.5, 0.6) is 0 Å². The van der Waals surface area contributed by atoms with E-state index in [1.165, 1.54) is 29.5 Å². The summed E-state index contributed by atoms with van der Waals surface area (Å²) in [6.07, 6.45) is 1.25. The van der Waals surface area contributed by atoms with Crippen LogP contribution in [0.15, 0.2) is 28.7 Å². The molecule has 0 amide bonds. The van der Waals surface area contributed by atoms with Crippen LogP contribution in [-0.2, 0) is 6.54 Å². The van der Waals surface area contributed by atoms with E-state index in [0.717, 1.165) is 26.2 Å². The van der Waals surface area contributed by atoms with Crippen molar-refractivity contribution < 1.29 is 0 Å². The molecule has 0 radical (unpaired) electrons. The lowest BCUT2D eigenvalue weighted by Crippen LogP contribution is -2.29. The van der Waals surface area contributed by atoms with E-state index in [1.807, 2.05) is 0 Å². The van der Waals surface area contributed by atoms with Gasteiger partial charge in [0.05, 0.1) is 0 Å². The lowest BCUT2D eigenvalue weighted by atomic mass is 10.2. The summed E-state index contributed by atoms with van der Waals surface area (Å²) in [7, 11) is 0. The number of halogens is 1. The van der Waals surface area contributed by atoms with Gasteiger partial charge in [-0.1, -0.05) is 48.8 Å². The van der Waals surface area contributed by atoms with Gasteiger partial charge in [-0.3, -0.25) is 4.90 Å². The number of benzene rings is 1. The van der Waals surface area contributed by atoms with Crippen molar-refractivity contribution in [2.75, 3.05) is 32.7 Å². The summed E-state index contributed by atoms with van der Waals surface area (Å²) in [5.74, 6) is 0. The normalized spacial score (nSPS) is 11.5. The fraction of sp³-hybridized carbons (Fsp3) is 0.625. The highest BCUT2D eigenvalue weighted by Crippen LogP contribution is 2.13. The molecule has 0 unspecified atom stereocenters. The van der Waals surface area contributed by atoms with Crippen LogP contribution in [0.25, 0.3) is 0 Å². The van der Waals surface area contributed by atoms with E-state index in [0.29, 0.717) is 0 Å². The second-order valence-corrected chi connectivity index (χ2v) is 5.79. The minimum Gasteiger partial charge on any atom is -0.304 e. The maximum absolute atomic E-state index is 3.54. The zero-order valence-corrected chi connectivity index (χ0v) is 14.1. The van der Waals surface area contributed by atoms with Crippen molar-refractivity contribution in [2.24, 2.45) is 0 Å². The van der Waals surface area contributed by atoms with Gasteiger partial charge in [-0.25, -0.2) is 0 Å². The molecule has 3 heteroatoms. The molecule has 0 spiro atoms. The molecule has 0 aliphatic heterocycles. The van der Waals surface area contributed by atoms with Gasteiger partial charge >= 0.3 is 0 Å². The SMILES string of the molecule is CCN(CC)CCCN(CC)Cc1cccc(Br)c1. The summed E-state index contributed by atoms with van der Waals surface area (Å²) in [4.78, 5) is 5.01. The summed E-state index contributed by atoms with van der Waals surface area (Å²) < 4.78 is 1.17. The molecular formula is C16H27BrN2. The van der Waals surface area contributed by atoms with Crippen LogP contribution < -0.4 is 0 Å². The van der Waals surface area contributed by atoms with Crippen molar-refractivity contribution in [1.29, 1.82) is 0 Å². The van der Waals surface area contributed by atoms with Gasteiger partial charge in [0.15, 0.2) is 0 Å². The molecule has 0 fully saturated rings. The quantitative estimate of drug-likeness (QED) is 0.676. The Labute approximate surface area is 126 Å². The molecule has 1 aromatic rings. The molecule has 1 aromatic carbocycles. The van der Waals surface area contributed by atoms with Gasteiger partial charge in [0.25, 0.3) is 0 Å². The first-order chi connectivity index (χ1) is 9.19. The molecular weight excluding hydrogens is 300 g/mol. The zero-order chi connectivity index (χ0) is 14.1. The van der Waals surface area contributed by atoms with Crippen LogP contribution in [-0.4, -0.2) is 42.5 Å². The first kappa shape index (κ1) is 16.7. The Morgan fingerprint density at radius 3 is 2.16 bits per heavy atom. The molecule has 2 nitrogen and oxygen atoms in total. The fourth-order valence-corrected chi connectivity index (χ4v) is 2.75. The molecule has 19 heavy (non-hydrogen) atoms. The van der Waals surface area contributed by atoms with Gasteiger partial charge in [-0.15, -0.1) is 0 Å². The standard InChI is InChI=1S/C16H27BrN2/c1-4-18(5-2)11-8-12-19(6-3)14-15-9-7-10-16(17)13-15/h7,9-10,13H,4-6,8,11-12,14H2,1-3H3. The zero-order valence-electron chi connectivity index (χ0n) is 12.5. The van der Waals surface area contributed by atoms with Gasteiger partial charge in [0.2, 0.25) is 0 Å². The van der Waals surface area contributed by atoms with E-state index in [-0.39, 0.29) is 0 Å². The smallest absolute Gasteiger partial charge is 0.0234 e. The molecule has 0 atom stereocenters. The fourth-order valence-electron chi connectivity index (χ4n) is 2.30. The Hall–Kier alpha value is -0.380. The van der Waals surface area contributed by atoms with Crippen molar-refractivity contribution in [1.82, 2.24) is 9.80 Å². The largest absolute Gasteiger partial charge is 0.304 e. The maximum Gasteiger partial charge on any atom is 0.0234 e. The van der Waals surface area contributed by atoms with Crippen LogP contribution in [0.4, 0.5) is 0 Å². The molecule has 0 N–H and O–H groups in total. The number of hydrogen-bond acceptors (Lipinski definition) is 2. The van der Waals surface area contributed by atoms with E-state index in [9.17, 15) is 0 Å². The van der Waals surface area contributed by atoms with Crippen LogP contribution in [0, 0.1) is 0 Å². The van der Waals surface area contributed by atoms with Crippen molar-refractivity contribution in [3.8, 4) is 0 Å². The van der Waals surface area contributed by atoms with Gasteiger partial charge in [0, 0.05) is 11.0 Å². The van der Waals surface area contributed by atoms with Gasteiger partial charge in [0.1, 0.15) is 0 Å². The lowest BCUT2D eigenvalue weighted by Gasteiger charge is -2.23. The van der Waals surface area contributed by atoms with Crippen molar-refractivity contribution in [3.63, 3.8) is 0 Å². The molecule has 108 valence electrons. The van der Waals surface area contributed by atoms with Gasteiger partial charge < -0.3 is 4.90 Å². The predicted octanol–water partition coefficient (Wildman–Crippen LogP) is 4.00. The van der Waals surface area contributed by atoms with Crippen LogP contribution in [0.2, 0.25) is 0 Å². The van der Waals surface area contributed by atoms with E-state index in [4.69, 9.17) is 0 Å². The first-order valence-corrected chi connectivity index (χ1v) is 8.18. The molecule has 0 saturated heterocycles. The molecule has 0 aliphatic carbocycles. The summed E-state index contributed by atoms with van der Waals surface area (Å²) in [5, 5.41) is 0. The third-order valence-electron chi connectivity index (χ3n) is 3.59. The minimum atomic E-state index is 1.05.